The van der Waals surface area contributed by atoms with Crippen molar-refractivity contribution in [2.24, 2.45) is 0 Å². The maximum Gasteiger partial charge on any atom is 0.142 e. The minimum Gasteiger partial charge on any atom is -0.383 e. The van der Waals surface area contributed by atoms with Crippen LogP contribution in [0.3, 0.4) is 0 Å². The van der Waals surface area contributed by atoms with Crippen LogP contribution in [0.25, 0.3) is 0 Å². The van der Waals surface area contributed by atoms with Gasteiger partial charge in [-0.05, 0) is 25.5 Å². The first kappa shape index (κ1) is 13.5. The van der Waals surface area contributed by atoms with Crippen LogP contribution in [0.2, 0.25) is 0 Å². The summed E-state index contributed by atoms with van der Waals surface area (Å²) in [5.74, 6) is 0.843. The van der Waals surface area contributed by atoms with E-state index in [9.17, 15) is 0 Å². The number of ether oxygens (including phenoxy) is 1. The number of hydrogen-bond donors (Lipinski definition) is 0. The fourth-order valence-electron chi connectivity index (χ4n) is 1.62. The summed E-state index contributed by atoms with van der Waals surface area (Å²) in [5.41, 5.74) is 0.452. The van der Waals surface area contributed by atoms with Crippen LogP contribution in [-0.2, 0) is 4.74 Å². The van der Waals surface area contributed by atoms with Gasteiger partial charge >= 0.3 is 0 Å². The summed E-state index contributed by atoms with van der Waals surface area (Å²) in [6.07, 6.45) is 1.03. The third-order valence-electron chi connectivity index (χ3n) is 2.80. The van der Waals surface area contributed by atoms with E-state index < -0.39 is 0 Å². The van der Waals surface area contributed by atoms with E-state index in [1.54, 1.807) is 13.2 Å². The number of aromatic nitrogens is 1. The van der Waals surface area contributed by atoms with Gasteiger partial charge in [0, 0.05) is 19.7 Å². The van der Waals surface area contributed by atoms with Gasteiger partial charge in [-0.3, -0.25) is 0 Å². The topological polar surface area (TPSA) is 49.1 Å². The molecule has 1 unspecified atom stereocenters. The molecular weight excluding hydrogens is 214 g/mol. The smallest absolute Gasteiger partial charge is 0.142 e. The minimum atomic E-state index is 0.381. The standard InChI is InChI=1S/C13H19N3O/c1-4-11(2)16(8-9-17-3)13-7-5-6-12(10-14)15-13/h5-7,11H,4,8-9H2,1-3H3. The SMILES string of the molecule is CCC(C)N(CCOC)c1cccc(C#N)n1. The molecule has 92 valence electrons. The lowest BCUT2D eigenvalue weighted by Crippen LogP contribution is -2.36. The number of nitrogens with zero attached hydrogens (tertiary/aromatic N) is 3. The quantitative estimate of drug-likeness (QED) is 0.755. The van der Waals surface area contributed by atoms with Crippen LogP contribution in [0.1, 0.15) is 26.0 Å². The highest BCUT2D eigenvalue weighted by atomic mass is 16.5. The summed E-state index contributed by atoms with van der Waals surface area (Å²) < 4.78 is 5.11. The Balaban J connectivity index is 2.91. The van der Waals surface area contributed by atoms with Gasteiger partial charge in [0.15, 0.2) is 0 Å². The molecule has 0 amide bonds. The number of methoxy groups -OCH3 is 1. The second-order valence-electron chi connectivity index (χ2n) is 3.94. The molecule has 0 bridgehead atoms. The number of pyridine rings is 1. The lowest BCUT2D eigenvalue weighted by molar-refractivity contribution is 0.203. The maximum atomic E-state index is 8.86. The van der Waals surface area contributed by atoms with Crippen molar-refractivity contribution in [3.63, 3.8) is 0 Å². The van der Waals surface area contributed by atoms with Gasteiger partial charge in [0.25, 0.3) is 0 Å². The Bertz CT molecular complexity index is 386. The third-order valence-corrected chi connectivity index (χ3v) is 2.80. The van der Waals surface area contributed by atoms with Crippen LogP contribution in [0.5, 0.6) is 0 Å². The van der Waals surface area contributed by atoms with E-state index in [2.05, 4.69) is 29.8 Å². The van der Waals surface area contributed by atoms with Gasteiger partial charge < -0.3 is 9.64 Å². The van der Waals surface area contributed by atoms with Crippen molar-refractivity contribution >= 4 is 5.82 Å². The molecule has 4 heteroatoms. The number of hydrogen-bond acceptors (Lipinski definition) is 4. The van der Waals surface area contributed by atoms with Crippen LogP contribution in [-0.4, -0.2) is 31.3 Å². The molecule has 0 aromatic carbocycles. The van der Waals surface area contributed by atoms with Crippen molar-refractivity contribution in [1.82, 2.24) is 4.98 Å². The zero-order chi connectivity index (χ0) is 12.7. The molecule has 1 atom stereocenters. The van der Waals surface area contributed by atoms with E-state index in [4.69, 9.17) is 10.00 Å². The summed E-state index contributed by atoms with van der Waals surface area (Å²) in [6.45, 7) is 5.73. The zero-order valence-electron chi connectivity index (χ0n) is 10.7. The van der Waals surface area contributed by atoms with Crippen LogP contribution >= 0.6 is 0 Å². The predicted molar refractivity (Wildman–Crippen MR) is 67.9 cm³/mol. The second kappa shape index (κ2) is 6.87. The summed E-state index contributed by atoms with van der Waals surface area (Å²) in [4.78, 5) is 6.49. The Morgan fingerprint density at radius 3 is 2.88 bits per heavy atom. The van der Waals surface area contributed by atoms with E-state index in [0.717, 1.165) is 18.8 Å². The Morgan fingerprint density at radius 2 is 2.29 bits per heavy atom. The summed E-state index contributed by atoms with van der Waals surface area (Å²) >= 11 is 0. The Kier molecular flexibility index (Phi) is 5.44. The van der Waals surface area contributed by atoms with Crippen molar-refractivity contribution in [3.05, 3.63) is 23.9 Å². The van der Waals surface area contributed by atoms with Crippen LogP contribution in [0.15, 0.2) is 18.2 Å². The molecule has 1 aromatic rings. The van der Waals surface area contributed by atoms with Crippen LogP contribution in [0, 0.1) is 11.3 Å². The van der Waals surface area contributed by atoms with Gasteiger partial charge in [0.1, 0.15) is 17.6 Å². The molecular formula is C13H19N3O. The summed E-state index contributed by atoms with van der Waals surface area (Å²) in [6, 6.07) is 7.96. The fraction of sp³-hybridized carbons (Fsp3) is 0.538. The monoisotopic (exact) mass is 233 g/mol. The molecule has 1 aromatic heterocycles. The first-order chi connectivity index (χ1) is 8.22. The average molecular weight is 233 g/mol. The van der Waals surface area contributed by atoms with Gasteiger partial charge in [-0.25, -0.2) is 4.98 Å². The minimum absolute atomic E-state index is 0.381. The van der Waals surface area contributed by atoms with Crippen molar-refractivity contribution in [2.75, 3.05) is 25.2 Å². The zero-order valence-corrected chi connectivity index (χ0v) is 10.7. The van der Waals surface area contributed by atoms with E-state index in [-0.39, 0.29) is 0 Å². The number of rotatable bonds is 6. The van der Waals surface area contributed by atoms with Gasteiger partial charge in [-0.15, -0.1) is 0 Å². The molecule has 0 saturated heterocycles. The second-order valence-corrected chi connectivity index (χ2v) is 3.94. The highest BCUT2D eigenvalue weighted by Gasteiger charge is 2.14. The van der Waals surface area contributed by atoms with E-state index in [0.29, 0.717) is 18.3 Å². The van der Waals surface area contributed by atoms with Crippen LogP contribution < -0.4 is 4.90 Å². The molecule has 0 aliphatic heterocycles. The lowest BCUT2D eigenvalue weighted by Gasteiger charge is -2.29. The summed E-state index contributed by atoms with van der Waals surface area (Å²) in [7, 11) is 1.69. The molecule has 0 N–H and O–H groups in total. The van der Waals surface area contributed by atoms with E-state index >= 15 is 0 Å². The fourth-order valence-corrected chi connectivity index (χ4v) is 1.62. The molecule has 0 aliphatic rings. The Labute approximate surface area is 103 Å². The van der Waals surface area contributed by atoms with Gasteiger partial charge in [0.2, 0.25) is 0 Å². The molecule has 0 spiro atoms. The van der Waals surface area contributed by atoms with Crippen LogP contribution in [0.4, 0.5) is 5.82 Å². The van der Waals surface area contributed by atoms with E-state index in [1.165, 1.54) is 0 Å². The molecule has 0 aliphatic carbocycles. The first-order valence-corrected chi connectivity index (χ1v) is 5.85. The molecule has 17 heavy (non-hydrogen) atoms. The first-order valence-electron chi connectivity index (χ1n) is 5.85. The molecule has 0 saturated carbocycles. The molecule has 0 fully saturated rings. The predicted octanol–water partition coefficient (Wildman–Crippen LogP) is 2.20. The number of anilines is 1. The van der Waals surface area contributed by atoms with Crippen molar-refractivity contribution in [2.45, 2.75) is 26.3 Å². The normalized spacial score (nSPS) is 11.9. The van der Waals surface area contributed by atoms with Gasteiger partial charge in [0.05, 0.1) is 6.61 Å². The maximum absolute atomic E-state index is 8.86. The average Bonchev–Trinajstić information content (AvgIpc) is 2.39. The van der Waals surface area contributed by atoms with Crippen molar-refractivity contribution < 1.29 is 4.74 Å². The largest absolute Gasteiger partial charge is 0.383 e. The van der Waals surface area contributed by atoms with Crippen molar-refractivity contribution in [1.29, 1.82) is 5.26 Å². The van der Waals surface area contributed by atoms with Gasteiger partial charge in [-0.1, -0.05) is 13.0 Å². The highest BCUT2D eigenvalue weighted by Crippen LogP contribution is 2.16. The van der Waals surface area contributed by atoms with E-state index in [1.807, 2.05) is 12.1 Å². The number of nitriles is 1. The van der Waals surface area contributed by atoms with Gasteiger partial charge in [-0.2, -0.15) is 5.26 Å². The molecule has 1 heterocycles. The third kappa shape index (κ3) is 3.72. The Hall–Kier alpha value is -1.60. The highest BCUT2D eigenvalue weighted by molar-refractivity contribution is 5.42. The lowest BCUT2D eigenvalue weighted by atomic mass is 10.2. The summed E-state index contributed by atoms with van der Waals surface area (Å²) in [5, 5.41) is 8.86. The Morgan fingerprint density at radius 1 is 1.53 bits per heavy atom. The molecule has 0 radical (unpaired) electrons. The molecule has 1 rings (SSSR count). The molecule has 4 nitrogen and oxygen atoms in total. The van der Waals surface area contributed by atoms with Crippen molar-refractivity contribution in [3.8, 4) is 6.07 Å².